The van der Waals surface area contributed by atoms with Gasteiger partial charge in [-0.05, 0) is 87.9 Å². The van der Waals surface area contributed by atoms with Crippen molar-refractivity contribution in [2.75, 3.05) is 4.90 Å². The number of anilines is 1. The summed E-state index contributed by atoms with van der Waals surface area (Å²) in [7, 11) is 0. The van der Waals surface area contributed by atoms with Gasteiger partial charge < -0.3 is 14.8 Å². The van der Waals surface area contributed by atoms with Crippen molar-refractivity contribution >= 4 is 34.6 Å². The molecule has 0 radical (unpaired) electrons. The first-order valence-corrected chi connectivity index (χ1v) is 10.6. The SMILES string of the molecule is Cc1cc([C@@H]2[C@@H](c3ccccn3)NC(=S)N2c2ccc(Cl)cc2)c(C)n1C(C)C. The fourth-order valence-electron chi connectivity index (χ4n) is 4.45. The highest BCUT2D eigenvalue weighted by molar-refractivity contribution is 7.80. The number of hydrogen-bond donors (Lipinski definition) is 1. The molecule has 2 atom stereocenters. The van der Waals surface area contributed by atoms with E-state index in [0.717, 1.165) is 11.4 Å². The van der Waals surface area contributed by atoms with Crippen molar-refractivity contribution in [3.05, 3.63) is 82.4 Å². The summed E-state index contributed by atoms with van der Waals surface area (Å²) in [6.45, 7) is 8.79. The third kappa shape index (κ3) is 3.53. The lowest BCUT2D eigenvalue weighted by atomic mass is 9.96. The summed E-state index contributed by atoms with van der Waals surface area (Å²) in [5.41, 5.74) is 5.76. The summed E-state index contributed by atoms with van der Waals surface area (Å²) in [6.07, 6.45) is 1.83. The first-order valence-electron chi connectivity index (χ1n) is 9.83. The zero-order valence-corrected chi connectivity index (χ0v) is 18.6. The van der Waals surface area contributed by atoms with Crippen LogP contribution in [0.2, 0.25) is 5.02 Å². The average molecular weight is 425 g/mol. The minimum atomic E-state index is -0.0412. The molecule has 3 heterocycles. The molecular formula is C23H25ClN4S. The molecule has 1 aliphatic rings. The van der Waals surface area contributed by atoms with E-state index in [4.69, 9.17) is 23.8 Å². The summed E-state index contributed by atoms with van der Waals surface area (Å²) < 4.78 is 2.38. The lowest BCUT2D eigenvalue weighted by Gasteiger charge is -2.28. The summed E-state index contributed by atoms with van der Waals surface area (Å²) in [4.78, 5) is 6.82. The quantitative estimate of drug-likeness (QED) is 0.527. The standard InChI is InChI=1S/C23H25ClN4S/c1-14(2)27-15(3)13-19(16(27)4)22-21(20-7-5-6-12-25-20)26-23(29)28(22)18-10-8-17(24)9-11-18/h5-14,21-22H,1-4H3,(H,26,29)/t21-,22-/m1/s1. The summed E-state index contributed by atoms with van der Waals surface area (Å²) in [5, 5.41) is 4.93. The van der Waals surface area contributed by atoms with Gasteiger partial charge in [-0.15, -0.1) is 0 Å². The predicted molar refractivity (Wildman–Crippen MR) is 124 cm³/mol. The molecule has 0 spiro atoms. The molecular weight excluding hydrogens is 400 g/mol. The van der Waals surface area contributed by atoms with Crippen molar-refractivity contribution in [3.8, 4) is 0 Å². The molecule has 4 nitrogen and oxygen atoms in total. The molecule has 150 valence electrons. The van der Waals surface area contributed by atoms with E-state index in [9.17, 15) is 0 Å². The third-order valence-electron chi connectivity index (χ3n) is 5.56. The summed E-state index contributed by atoms with van der Waals surface area (Å²) in [5.74, 6) is 0. The zero-order valence-electron chi connectivity index (χ0n) is 17.1. The molecule has 4 rings (SSSR count). The number of halogens is 1. The van der Waals surface area contributed by atoms with Gasteiger partial charge in [-0.1, -0.05) is 17.7 Å². The van der Waals surface area contributed by atoms with E-state index in [1.54, 1.807) is 0 Å². The molecule has 0 bridgehead atoms. The average Bonchev–Trinajstić information content (AvgIpc) is 3.19. The largest absolute Gasteiger partial charge is 0.351 e. The molecule has 1 aromatic carbocycles. The number of pyridine rings is 1. The van der Waals surface area contributed by atoms with Crippen LogP contribution in [0.4, 0.5) is 5.69 Å². The first-order chi connectivity index (χ1) is 13.9. The lowest BCUT2D eigenvalue weighted by molar-refractivity contribution is 0.547. The van der Waals surface area contributed by atoms with Crippen LogP contribution >= 0.6 is 23.8 Å². The molecule has 6 heteroatoms. The predicted octanol–water partition coefficient (Wildman–Crippen LogP) is 5.91. The molecule has 1 fully saturated rings. The fraction of sp³-hybridized carbons (Fsp3) is 0.304. The van der Waals surface area contributed by atoms with Crippen molar-refractivity contribution in [1.82, 2.24) is 14.9 Å². The van der Waals surface area contributed by atoms with E-state index < -0.39 is 0 Å². The Labute approximate surface area is 182 Å². The van der Waals surface area contributed by atoms with Crippen LogP contribution in [-0.2, 0) is 0 Å². The van der Waals surface area contributed by atoms with Gasteiger partial charge in [-0.3, -0.25) is 4.98 Å². The van der Waals surface area contributed by atoms with Crippen LogP contribution in [0.15, 0.2) is 54.7 Å². The normalized spacial score (nSPS) is 19.1. The number of nitrogens with zero attached hydrogens (tertiary/aromatic N) is 3. The Bertz CT molecular complexity index is 1030. The monoisotopic (exact) mass is 424 g/mol. The van der Waals surface area contributed by atoms with Gasteiger partial charge in [-0.2, -0.15) is 0 Å². The topological polar surface area (TPSA) is 33.1 Å². The van der Waals surface area contributed by atoms with Crippen LogP contribution in [0.3, 0.4) is 0 Å². The van der Waals surface area contributed by atoms with E-state index in [0.29, 0.717) is 16.2 Å². The van der Waals surface area contributed by atoms with E-state index >= 15 is 0 Å². The van der Waals surface area contributed by atoms with Crippen molar-refractivity contribution in [2.45, 2.75) is 45.8 Å². The Morgan fingerprint density at radius 3 is 2.41 bits per heavy atom. The van der Waals surface area contributed by atoms with Crippen LogP contribution in [-0.4, -0.2) is 14.7 Å². The van der Waals surface area contributed by atoms with Gasteiger partial charge in [0.1, 0.15) is 0 Å². The van der Waals surface area contributed by atoms with E-state index in [-0.39, 0.29) is 12.1 Å². The molecule has 0 saturated carbocycles. The second kappa shape index (κ2) is 7.81. The van der Waals surface area contributed by atoms with Crippen molar-refractivity contribution < 1.29 is 0 Å². The Morgan fingerprint density at radius 1 is 1.10 bits per heavy atom. The zero-order chi connectivity index (χ0) is 20.7. The van der Waals surface area contributed by atoms with Gasteiger partial charge in [0.05, 0.1) is 17.8 Å². The van der Waals surface area contributed by atoms with Crippen LogP contribution in [0.5, 0.6) is 0 Å². The molecule has 1 aliphatic heterocycles. The molecule has 0 aliphatic carbocycles. The molecule has 0 unspecified atom stereocenters. The van der Waals surface area contributed by atoms with Crippen LogP contribution in [0, 0.1) is 13.8 Å². The number of nitrogens with one attached hydrogen (secondary N) is 1. The summed E-state index contributed by atoms with van der Waals surface area (Å²) in [6, 6.07) is 16.5. The lowest BCUT2D eigenvalue weighted by Crippen LogP contribution is -2.29. The number of aryl methyl sites for hydroxylation is 1. The van der Waals surface area contributed by atoms with Gasteiger partial charge in [-0.25, -0.2) is 0 Å². The van der Waals surface area contributed by atoms with Crippen LogP contribution in [0.1, 0.15) is 54.6 Å². The number of benzene rings is 1. The number of hydrogen-bond acceptors (Lipinski definition) is 2. The Morgan fingerprint density at radius 2 is 1.83 bits per heavy atom. The van der Waals surface area contributed by atoms with E-state index in [1.165, 1.54) is 17.0 Å². The maximum Gasteiger partial charge on any atom is 0.174 e. The Hall–Kier alpha value is -2.37. The molecule has 1 N–H and O–H groups in total. The minimum absolute atomic E-state index is 0.00252. The van der Waals surface area contributed by atoms with Gasteiger partial charge >= 0.3 is 0 Å². The van der Waals surface area contributed by atoms with Crippen LogP contribution in [0.25, 0.3) is 0 Å². The fourth-order valence-corrected chi connectivity index (χ4v) is 4.92. The number of aromatic nitrogens is 2. The molecule has 29 heavy (non-hydrogen) atoms. The van der Waals surface area contributed by atoms with Gasteiger partial charge in [0.2, 0.25) is 0 Å². The highest BCUT2D eigenvalue weighted by atomic mass is 35.5. The second-order valence-corrected chi connectivity index (χ2v) is 8.59. The Balaban J connectivity index is 1.88. The molecule has 2 aromatic heterocycles. The Kier molecular flexibility index (Phi) is 5.36. The van der Waals surface area contributed by atoms with E-state index in [2.05, 4.69) is 59.6 Å². The minimum Gasteiger partial charge on any atom is -0.351 e. The van der Waals surface area contributed by atoms with E-state index in [1.807, 2.05) is 42.6 Å². The van der Waals surface area contributed by atoms with Gasteiger partial charge in [0.25, 0.3) is 0 Å². The van der Waals surface area contributed by atoms with Gasteiger partial charge in [0, 0.05) is 34.3 Å². The summed E-state index contributed by atoms with van der Waals surface area (Å²) >= 11 is 11.9. The number of rotatable bonds is 4. The molecule has 3 aromatic rings. The first kappa shape index (κ1) is 19.9. The van der Waals surface area contributed by atoms with Crippen molar-refractivity contribution in [1.29, 1.82) is 0 Å². The van der Waals surface area contributed by atoms with Crippen LogP contribution < -0.4 is 10.2 Å². The maximum absolute atomic E-state index is 6.14. The highest BCUT2D eigenvalue weighted by Crippen LogP contribution is 2.43. The molecule has 0 amide bonds. The maximum atomic E-state index is 6.14. The third-order valence-corrected chi connectivity index (χ3v) is 6.13. The van der Waals surface area contributed by atoms with Gasteiger partial charge in [0.15, 0.2) is 5.11 Å². The van der Waals surface area contributed by atoms with Crippen molar-refractivity contribution in [3.63, 3.8) is 0 Å². The number of thiocarbonyl (C=S) groups is 1. The molecule has 1 saturated heterocycles. The smallest absolute Gasteiger partial charge is 0.174 e. The second-order valence-electron chi connectivity index (χ2n) is 7.76. The highest BCUT2D eigenvalue weighted by Gasteiger charge is 2.42. The van der Waals surface area contributed by atoms with Crippen molar-refractivity contribution in [2.24, 2.45) is 0 Å².